The highest BCUT2D eigenvalue weighted by Crippen LogP contribution is 2.14. The molecule has 0 amide bonds. The summed E-state index contributed by atoms with van der Waals surface area (Å²) in [5, 5.41) is 4.46. The van der Waals surface area contributed by atoms with Crippen molar-refractivity contribution in [1.82, 2.24) is 19.3 Å². The Hall–Kier alpha value is -3.34. The molecule has 2 aromatic carbocycles. The standard InChI is InChI=1S/C20H19N5/c21-18-6-4-5-16(11-18)14-24-10-9-22-20(24)12-17-13-23-25(15-17)19-7-2-1-3-8-19/h1-11,13,15H,12,14,21H2. The van der Waals surface area contributed by atoms with Gasteiger partial charge in [0.15, 0.2) is 0 Å². The van der Waals surface area contributed by atoms with Gasteiger partial charge in [0.25, 0.3) is 0 Å². The number of hydrogen-bond donors (Lipinski definition) is 1. The summed E-state index contributed by atoms with van der Waals surface area (Å²) in [6.07, 6.45) is 8.52. The zero-order valence-electron chi connectivity index (χ0n) is 13.8. The Bertz CT molecular complexity index is 968. The van der Waals surface area contributed by atoms with Gasteiger partial charge in [-0.1, -0.05) is 30.3 Å². The molecule has 0 bridgehead atoms. The monoisotopic (exact) mass is 329 g/mol. The first kappa shape index (κ1) is 15.2. The zero-order valence-corrected chi connectivity index (χ0v) is 13.8. The van der Waals surface area contributed by atoms with Crippen LogP contribution in [0.2, 0.25) is 0 Å². The molecule has 5 heteroatoms. The minimum absolute atomic E-state index is 0.738. The molecule has 0 saturated carbocycles. The molecule has 4 aromatic rings. The van der Waals surface area contributed by atoms with Crippen molar-refractivity contribution in [1.29, 1.82) is 0 Å². The quantitative estimate of drug-likeness (QED) is 0.572. The summed E-state index contributed by atoms with van der Waals surface area (Å²) in [4.78, 5) is 4.51. The number of imidazole rings is 1. The van der Waals surface area contributed by atoms with Crippen LogP contribution >= 0.6 is 0 Å². The van der Waals surface area contributed by atoms with Gasteiger partial charge in [0, 0.05) is 37.2 Å². The van der Waals surface area contributed by atoms with Crippen molar-refractivity contribution in [3.63, 3.8) is 0 Å². The lowest BCUT2D eigenvalue weighted by atomic mass is 10.2. The molecule has 5 nitrogen and oxygen atoms in total. The summed E-state index contributed by atoms with van der Waals surface area (Å²) in [5.74, 6) is 1.01. The molecule has 0 unspecified atom stereocenters. The van der Waals surface area contributed by atoms with Crippen molar-refractivity contribution < 1.29 is 0 Å². The van der Waals surface area contributed by atoms with Gasteiger partial charge in [-0.3, -0.25) is 0 Å². The third kappa shape index (κ3) is 3.45. The van der Waals surface area contributed by atoms with Gasteiger partial charge in [0.1, 0.15) is 5.82 Å². The van der Waals surface area contributed by atoms with Crippen LogP contribution in [0.4, 0.5) is 5.69 Å². The maximum atomic E-state index is 5.87. The fourth-order valence-corrected chi connectivity index (χ4v) is 2.90. The van der Waals surface area contributed by atoms with Crippen LogP contribution in [-0.2, 0) is 13.0 Å². The number of rotatable bonds is 5. The summed E-state index contributed by atoms with van der Waals surface area (Å²) >= 11 is 0. The molecule has 0 aliphatic carbocycles. The van der Waals surface area contributed by atoms with Gasteiger partial charge in [-0.25, -0.2) is 9.67 Å². The van der Waals surface area contributed by atoms with Gasteiger partial charge in [0.2, 0.25) is 0 Å². The normalized spacial score (nSPS) is 10.9. The molecular formula is C20H19N5. The highest BCUT2D eigenvalue weighted by Gasteiger charge is 2.08. The predicted molar refractivity (Wildman–Crippen MR) is 98.6 cm³/mol. The first-order valence-corrected chi connectivity index (χ1v) is 8.21. The van der Waals surface area contributed by atoms with Crippen LogP contribution in [-0.4, -0.2) is 19.3 Å². The minimum atomic E-state index is 0.738. The third-order valence-electron chi connectivity index (χ3n) is 4.12. The van der Waals surface area contributed by atoms with Crippen molar-refractivity contribution in [2.45, 2.75) is 13.0 Å². The number of hydrogen-bond acceptors (Lipinski definition) is 3. The number of anilines is 1. The Morgan fingerprint density at radius 1 is 0.960 bits per heavy atom. The van der Waals surface area contributed by atoms with Gasteiger partial charge in [0.05, 0.1) is 11.9 Å². The lowest BCUT2D eigenvalue weighted by Crippen LogP contribution is -2.05. The molecule has 25 heavy (non-hydrogen) atoms. The molecule has 2 N–H and O–H groups in total. The van der Waals surface area contributed by atoms with Gasteiger partial charge in [-0.05, 0) is 35.4 Å². The smallest absolute Gasteiger partial charge is 0.113 e. The van der Waals surface area contributed by atoms with Crippen LogP contribution in [0.3, 0.4) is 0 Å². The molecule has 0 saturated heterocycles. The summed E-state index contributed by atoms with van der Waals surface area (Å²) in [6.45, 7) is 0.757. The molecule has 2 heterocycles. The molecule has 0 aliphatic heterocycles. The molecule has 0 radical (unpaired) electrons. The summed E-state index contributed by atoms with van der Waals surface area (Å²) in [6, 6.07) is 18.0. The van der Waals surface area contributed by atoms with E-state index in [9.17, 15) is 0 Å². The number of nitrogen functional groups attached to an aromatic ring is 1. The van der Waals surface area contributed by atoms with E-state index in [-0.39, 0.29) is 0 Å². The lowest BCUT2D eigenvalue weighted by molar-refractivity contribution is 0.740. The van der Waals surface area contributed by atoms with Gasteiger partial charge >= 0.3 is 0 Å². The van der Waals surface area contributed by atoms with Crippen molar-refractivity contribution in [2.75, 3.05) is 5.73 Å². The first-order chi connectivity index (χ1) is 12.3. The molecular weight excluding hydrogens is 310 g/mol. The Labute approximate surface area is 146 Å². The number of aromatic nitrogens is 4. The summed E-state index contributed by atoms with van der Waals surface area (Å²) < 4.78 is 4.04. The number of para-hydroxylation sites is 1. The van der Waals surface area contributed by atoms with E-state index >= 15 is 0 Å². The van der Waals surface area contributed by atoms with E-state index < -0.39 is 0 Å². The average Bonchev–Trinajstić information content (AvgIpc) is 3.26. The van der Waals surface area contributed by atoms with E-state index in [0.717, 1.165) is 35.7 Å². The Morgan fingerprint density at radius 3 is 2.68 bits per heavy atom. The van der Waals surface area contributed by atoms with E-state index in [0.29, 0.717) is 0 Å². The second-order valence-corrected chi connectivity index (χ2v) is 6.02. The molecule has 0 aliphatic rings. The van der Waals surface area contributed by atoms with E-state index in [1.807, 2.05) is 71.8 Å². The number of nitrogens with zero attached hydrogens (tertiary/aromatic N) is 4. The van der Waals surface area contributed by atoms with Gasteiger partial charge in [-0.2, -0.15) is 5.10 Å². The van der Waals surface area contributed by atoms with Crippen LogP contribution in [0.25, 0.3) is 5.69 Å². The van der Waals surface area contributed by atoms with Crippen LogP contribution in [0.1, 0.15) is 17.0 Å². The Kier molecular flexibility index (Phi) is 4.04. The Balaban J connectivity index is 1.53. The van der Waals surface area contributed by atoms with Crippen LogP contribution in [0.5, 0.6) is 0 Å². The Morgan fingerprint density at radius 2 is 1.84 bits per heavy atom. The summed E-state index contributed by atoms with van der Waals surface area (Å²) in [7, 11) is 0. The van der Waals surface area contributed by atoms with Crippen LogP contribution in [0.15, 0.2) is 79.4 Å². The molecule has 124 valence electrons. The molecule has 4 rings (SSSR count). The first-order valence-electron chi connectivity index (χ1n) is 8.21. The van der Waals surface area contributed by atoms with Crippen LogP contribution < -0.4 is 5.73 Å². The van der Waals surface area contributed by atoms with Crippen LogP contribution in [0, 0.1) is 0 Å². The molecule has 0 atom stereocenters. The van der Waals surface area contributed by atoms with Crippen molar-refractivity contribution in [3.05, 3.63) is 96.3 Å². The number of nitrogens with two attached hydrogens (primary N) is 1. The van der Waals surface area contributed by atoms with Crippen molar-refractivity contribution in [3.8, 4) is 5.69 Å². The SMILES string of the molecule is Nc1cccc(Cn2ccnc2Cc2cnn(-c3ccccc3)c2)c1. The fraction of sp³-hybridized carbons (Fsp3) is 0.100. The predicted octanol–water partition coefficient (Wildman–Crippen LogP) is 3.29. The van der Waals surface area contributed by atoms with E-state index in [1.54, 1.807) is 0 Å². The molecule has 0 spiro atoms. The van der Waals surface area contributed by atoms with E-state index in [1.165, 1.54) is 5.56 Å². The average molecular weight is 329 g/mol. The topological polar surface area (TPSA) is 61.7 Å². The maximum absolute atomic E-state index is 5.87. The number of benzene rings is 2. The van der Waals surface area contributed by atoms with E-state index in [2.05, 4.69) is 26.9 Å². The largest absolute Gasteiger partial charge is 0.399 e. The maximum Gasteiger partial charge on any atom is 0.113 e. The third-order valence-corrected chi connectivity index (χ3v) is 4.12. The highest BCUT2D eigenvalue weighted by molar-refractivity contribution is 5.40. The minimum Gasteiger partial charge on any atom is -0.399 e. The fourth-order valence-electron chi connectivity index (χ4n) is 2.90. The highest BCUT2D eigenvalue weighted by atomic mass is 15.3. The lowest BCUT2D eigenvalue weighted by Gasteiger charge is -2.08. The zero-order chi connectivity index (χ0) is 17.1. The second kappa shape index (κ2) is 6.65. The molecule has 2 aromatic heterocycles. The summed E-state index contributed by atoms with van der Waals surface area (Å²) in [5.41, 5.74) is 10.00. The second-order valence-electron chi connectivity index (χ2n) is 6.02. The van der Waals surface area contributed by atoms with Gasteiger partial charge < -0.3 is 10.3 Å². The van der Waals surface area contributed by atoms with Crippen molar-refractivity contribution in [2.24, 2.45) is 0 Å². The molecule has 0 fully saturated rings. The van der Waals surface area contributed by atoms with Crippen molar-refractivity contribution >= 4 is 5.69 Å². The van der Waals surface area contributed by atoms with Gasteiger partial charge in [-0.15, -0.1) is 0 Å². The van der Waals surface area contributed by atoms with E-state index in [4.69, 9.17) is 5.73 Å².